The van der Waals surface area contributed by atoms with Crippen molar-refractivity contribution < 1.29 is 0 Å². The van der Waals surface area contributed by atoms with Crippen molar-refractivity contribution >= 4 is 5.95 Å². The third-order valence-corrected chi connectivity index (χ3v) is 2.94. The van der Waals surface area contributed by atoms with Gasteiger partial charge >= 0.3 is 0 Å². The Bertz CT molecular complexity index is 716. The normalized spacial score (nSPS) is 10.8. The van der Waals surface area contributed by atoms with Crippen LogP contribution in [0.25, 0.3) is 17.5 Å². The second kappa shape index (κ2) is 5.70. The molecule has 0 aromatic carbocycles. The van der Waals surface area contributed by atoms with E-state index < -0.39 is 0 Å². The Morgan fingerprint density at radius 2 is 2.05 bits per heavy atom. The number of aromatic nitrogens is 7. The fourth-order valence-corrected chi connectivity index (χ4v) is 1.99. The van der Waals surface area contributed by atoms with Crippen molar-refractivity contribution in [3.05, 3.63) is 30.7 Å². The first-order chi connectivity index (χ1) is 10.3. The zero-order valence-corrected chi connectivity index (χ0v) is 11.9. The van der Waals surface area contributed by atoms with Gasteiger partial charge in [0.1, 0.15) is 5.69 Å². The fraction of sp³-hybridized carbons (Fsp3) is 0.308. The Labute approximate surface area is 121 Å². The molecular weight excluding hydrogens is 268 g/mol. The van der Waals surface area contributed by atoms with Crippen LogP contribution in [0.1, 0.15) is 13.3 Å². The minimum Gasteiger partial charge on any atom is -0.357 e. The van der Waals surface area contributed by atoms with Crippen LogP contribution in [0.15, 0.2) is 30.7 Å². The largest absolute Gasteiger partial charge is 0.357 e. The Morgan fingerprint density at radius 3 is 2.76 bits per heavy atom. The number of nitrogens with one attached hydrogen (secondary N) is 1. The van der Waals surface area contributed by atoms with Gasteiger partial charge in [0, 0.05) is 32.2 Å². The average molecular weight is 284 g/mol. The van der Waals surface area contributed by atoms with Crippen molar-refractivity contribution in [2.45, 2.75) is 19.9 Å². The van der Waals surface area contributed by atoms with Gasteiger partial charge in [0.15, 0.2) is 5.82 Å². The Hall–Kier alpha value is -2.77. The predicted octanol–water partition coefficient (Wildman–Crippen LogP) is 1.37. The molecule has 0 saturated heterocycles. The Kier molecular flexibility index (Phi) is 3.59. The molecule has 0 atom stereocenters. The lowest BCUT2D eigenvalue weighted by Gasteiger charge is -2.08. The van der Waals surface area contributed by atoms with E-state index in [2.05, 4.69) is 37.4 Å². The molecular formula is C13H16N8. The summed E-state index contributed by atoms with van der Waals surface area (Å²) in [6, 6.07) is 3.72. The van der Waals surface area contributed by atoms with Gasteiger partial charge in [0.05, 0.1) is 0 Å². The van der Waals surface area contributed by atoms with Crippen LogP contribution < -0.4 is 5.32 Å². The number of hydrogen-bond donors (Lipinski definition) is 1. The van der Waals surface area contributed by atoms with Gasteiger partial charge in [-0.2, -0.15) is 25.1 Å². The van der Waals surface area contributed by atoms with Gasteiger partial charge < -0.3 is 5.32 Å². The molecule has 0 amide bonds. The van der Waals surface area contributed by atoms with Crippen LogP contribution in [0.2, 0.25) is 0 Å². The lowest BCUT2D eigenvalue weighted by Crippen LogP contribution is -2.10. The van der Waals surface area contributed by atoms with Gasteiger partial charge in [-0.05, 0) is 18.6 Å². The highest BCUT2D eigenvalue weighted by Crippen LogP contribution is 2.17. The molecule has 0 saturated carbocycles. The summed E-state index contributed by atoms with van der Waals surface area (Å²) < 4.78 is 3.49. The van der Waals surface area contributed by atoms with Crippen molar-refractivity contribution in [2.75, 3.05) is 12.4 Å². The molecule has 0 aliphatic heterocycles. The quantitative estimate of drug-likeness (QED) is 0.761. The van der Waals surface area contributed by atoms with Crippen molar-refractivity contribution in [1.29, 1.82) is 0 Å². The Morgan fingerprint density at radius 1 is 1.14 bits per heavy atom. The second-order valence-electron chi connectivity index (χ2n) is 4.42. The summed E-state index contributed by atoms with van der Waals surface area (Å²) in [5.41, 5.74) is 0.865. The molecule has 21 heavy (non-hydrogen) atoms. The summed E-state index contributed by atoms with van der Waals surface area (Å²) in [5, 5.41) is 11.4. The number of aryl methyl sites for hydroxylation is 1. The van der Waals surface area contributed by atoms with E-state index in [0.29, 0.717) is 17.7 Å². The van der Waals surface area contributed by atoms with E-state index in [-0.39, 0.29) is 0 Å². The van der Waals surface area contributed by atoms with E-state index in [1.165, 1.54) is 0 Å². The summed E-state index contributed by atoms with van der Waals surface area (Å²) in [7, 11) is 1.77. The molecule has 3 aromatic heterocycles. The van der Waals surface area contributed by atoms with Crippen LogP contribution >= 0.6 is 0 Å². The first-order valence-corrected chi connectivity index (χ1v) is 6.78. The fourth-order valence-electron chi connectivity index (χ4n) is 1.99. The molecule has 108 valence electrons. The average Bonchev–Trinajstić information content (AvgIpc) is 3.18. The van der Waals surface area contributed by atoms with Crippen molar-refractivity contribution in [3.8, 4) is 17.5 Å². The maximum absolute atomic E-state index is 4.49. The highest BCUT2D eigenvalue weighted by atomic mass is 15.4. The summed E-state index contributed by atoms with van der Waals surface area (Å²) in [6.07, 6.45) is 6.22. The molecule has 8 heteroatoms. The minimum absolute atomic E-state index is 0.471. The summed E-state index contributed by atoms with van der Waals surface area (Å²) >= 11 is 0. The van der Waals surface area contributed by atoms with E-state index in [9.17, 15) is 0 Å². The van der Waals surface area contributed by atoms with Crippen molar-refractivity contribution in [3.63, 3.8) is 0 Å². The molecule has 3 aromatic rings. The zero-order chi connectivity index (χ0) is 14.7. The maximum Gasteiger partial charge on any atom is 0.255 e. The molecule has 0 bridgehead atoms. The van der Waals surface area contributed by atoms with Gasteiger partial charge in [-0.15, -0.1) is 0 Å². The maximum atomic E-state index is 4.49. The summed E-state index contributed by atoms with van der Waals surface area (Å²) in [5.74, 6) is 1.54. The molecule has 0 fully saturated rings. The van der Waals surface area contributed by atoms with Crippen LogP contribution in [0.5, 0.6) is 0 Å². The molecule has 3 rings (SSSR count). The van der Waals surface area contributed by atoms with Gasteiger partial charge in [-0.25, -0.2) is 4.68 Å². The van der Waals surface area contributed by atoms with Crippen LogP contribution in [-0.4, -0.2) is 41.6 Å². The molecule has 1 N–H and O–H groups in total. The number of rotatable bonds is 5. The standard InChI is InChI=1S/C13H16N8/c1-3-8-20-10(5-7-16-20)11-17-12(14-2)19-13(18-11)21-9-4-6-15-21/h4-7,9H,3,8H2,1-2H3,(H,14,17,18,19). The summed E-state index contributed by atoms with van der Waals surface area (Å²) in [6.45, 7) is 2.92. The zero-order valence-electron chi connectivity index (χ0n) is 11.9. The number of hydrogen-bond acceptors (Lipinski definition) is 6. The van der Waals surface area contributed by atoms with Crippen LogP contribution in [0, 0.1) is 0 Å². The number of anilines is 1. The van der Waals surface area contributed by atoms with E-state index in [1.807, 2.05) is 16.8 Å². The first kappa shape index (κ1) is 13.2. The third kappa shape index (κ3) is 2.60. The van der Waals surface area contributed by atoms with E-state index >= 15 is 0 Å². The SMILES string of the molecule is CCCn1nccc1-c1nc(NC)nc(-n2cccn2)n1. The molecule has 0 aliphatic rings. The second-order valence-corrected chi connectivity index (χ2v) is 4.42. The molecule has 0 aliphatic carbocycles. The lowest BCUT2D eigenvalue weighted by molar-refractivity contribution is 0.606. The van der Waals surface area contributed by atoms with Gasteiger partial charge in [0.25, 0.3) is 5.95 Å². The molecule has 3 heterocycles. The molecule has 8 nitrogen and oxygen atoms in total. The van der Waals surface area contributed by atoms with Crippen molar-refractivity contribution in [1.82, 2.24) is 34.5 Å². The van der Waals surface area contributed by atoms with E-state index in [0.717, 1.165) is 18.7 Å². The smallest absolute Gasteiger partial charge is 0.255 e. The lowest BCUT2D eigenvalue weighted by atomic mass is 10.4. The third-order valence-electron chi connectivity index (χ3n) is 2.94. The highest BCUT2D eigenvalue weighted by Gasteiger charge is 2.13. The minimum atomic E-state index is 0.471. The van der Waals surface area contributed by atoms with Gasteiger partial charge in [-0.3, -0.25) is 4.68 Å². The molecule has 0 unspecified atom stereocenters. The number of nitrogens with zero attached hydrogens (tertiary/aromatic N) is 7. The highest BCUT2D eigenvalue weighted by molar-refractivity contribution is 5.52. The van der Waals surface area contributed by atoms with E-state index in [4.69, 9.17) is 0 Å². The molecule has 0 spiro atoms. The Balaban J connectivity index is 2.09. The van der Waals surface area contributed by atoms with Crippen molar-refractivity contribution in [2.24, 2.45) is 0 Å². The molecule has 0 radical (unpaired) electrons. The van der Waals surface area contributed by atoms with Crippen LogP contribution in [0.3, 0.4) is 0 Å². The monoisotopic (exact) mass is 284 g/mol. The van der Waals surface area contributed by atoms with Gasteiger partial charge in [-0.1, -0.05) is 6.92 Å². The predicted molar refractivity (Wildman–Crippen MR) is 78.0 cm³/mol. The van der Waals surface area contributed by atoms with Crippen LogP contribution in [0.4, 0.5) is 5.95 Å². The topological polar surface area (TPSA) is 86.3 Å². The van der Waals surface area contributed by atoms with Gasteiger partial charge in [0.2, 0.25) is 5.95 Å². The van der Waals surface area contributed by atoms with Crippen LogP contribution in [-0.2, 0) is 6.54 Å². The first-order valence-electron chi connectivity index (χ1n) is 6.78. The van der Waals surface area contributed by atoms with E-state index in [1.54, 1.807) is 30.3 Å². The summed E-state index contributed by atoms with van der Waals surface area (Å²) in [4.78, 5) is 13.2.